The summed E-state index contributed by atoms with van der Waals surface area (Å²) in [5.41, 5.74) is 3.36. The van der Waals surface area contributed by atoms with Crippen molar-refractivity contribution >= 4 is 23.5 Å². The summed E-state index contributed by atoms with van der Waals surface area (Å²) in [5.74, 6) is 0.639. The number of benzene rings is 1. The number of carbonyl (C=O) groups is 2. The van der Waals surface area contributed by atoms with Crippen LogP contribution in [0.15, 0.2) is 22.6 Å². The SMILES string of the molecule is CC(=O)N1CCN(NC(=O)c2nnc(Nc3ccc4c(c3)OCO4)o2)CC1. The van der Waals surface area contributed by atoms with Gasteiger partial charge in [0.05, 0.1) is 0 Å². The molecule has 0 aliphatic carbocycles. The number of piperazine rings is 1. The van der Waals surface area contributed by atoms with Crippen LogP contribution in [-0.4, -0.2) is 64.9 Å². The molecule has 1 saturated heterocycles. The Labute approximate surface area is 154 Å². The number of amides is 2. The van der Waals surface area contributed by atoms with Gasteiger partial charge in [-0.05, 0) is 12.1 Å². The van der Waals surface area contributed by atoms with Gasteiger partial charge in [0.1, 0.15) is 0 Å². The molecule has 2 aromatic rings. The Morgan fingerprint density at radius 3 is 2.63 bits per heavy atom. The lowest BCUT2D eigenvalue weighted by Gasteiger charge is -2.33. The van der Waals surface area contributed by atoms with Crippen molar-refractivity contribution in [3.05, 3.63) is 24.1 Å². The minimum atomic E-state index is -0.502. The first-order valence-corrected chi connectivity index (χ1v) is 8.40. The zero-order valence-corrected chi connectivity index (χ0v) is 14.6. The van der Waals surface area contributed by atoms with Gasteiger partial charge in [-0.3, -0.25) is 15.0 Å². The Kier molecular flexibility index (Phi) is 4.50. The van der Waals surface area contributed by atoms with Crippen molar-refractivity contribution in [1.29, 1.82) is 0 Å². The van der Waals surface area contributed by atoms with E-state index in [0.717, 1.165) is 0 Å². The average Bonchev–Trinajstić information content (AvgIpc) is 3.31. The number of nitrogens with zero attached hydrogens (tertiary/aromatic N) is 4. The molecule has 0 radical (unpaired) electrons. The molecule has 0 unspecified atom stereocenters. The highest BCUT2D eigenvalue weighted by Crippen LogP contribution is 2.34. The Bertz CT molecular complexity index is 861. The number of hydrazine groups is 1. The van der Waals surface area contributed by atoms with E-state index in [4.69, 9.17) is 13.9 Å². The van der Waals surface area contributed by atoms with Gasteiger partial charge in [-0.15, -0.1) is 5.10 Å². The fourth-order valence-corrected chi connectivity index (χ4v) is 2.79. The summed E-state index contributed by atoms with van der Waals surface area (Å²) in [6, 6.07) is 5.35. The molecular formula is C16H18N6O5. The lowest BCUT2D eigenvalue weighted by atomic mass is 10.3. The van der Waals surface area contributed by atoms with Crippen LogP contribution < -0.4 is 20.2 Å². The second-order valence-electron chi connectivity index (χ2n) is 6.04. The maximum absolute atomic E-state index is 12.3. The Morgan fingerprint density at radius 2 is 1.85 bits per heavy atom. The van der Waals surface area contributed by atoms with Crippen LogP contribution in [0.3, 0.4) is 0 Å². The molecule has 0 spiro atoms. The molecule has 4 rings (SSSR count). The summed E-state index contributed by atoms with van der Waals surface area (Å²) < 4.78 is 15.9. The van der Waals surface area contributed by atoms with Crippen molar-refractivity contribution in [3.8, 4) is 11.5 Å². The normalized spacial score (nSPS) is 16.3. The highest BCUT2D eigenvalue weighted by molar-refractivity contribution is 5.89. The van der Waals surface area contributed by atoms with Crippen LogP contribution in [0.4, 0.5) is 11.7 Å². The van der Waals surface area contributed by atoms with E-state index >= 15 is 0 Å². The van der Waals surface area contributed by atoms with E-state index < -0.39 is 5.91 Å². The van der Waals surface area contributed by atoms with Crippen molar-refractivity contribution in [2.75, 3.05) is 38.3 Å². The smallest absolute Gasteiger partial charge is 0.323 e. The fourth-order valence-electron chi connectivity index (χ4n) is 2.79. The molecule has 2 aliphatic heterocycles. The quantitative estimate of drug-likeness (QED) is 0.780. The molecule has 1 aromatic heterocycles. The number of fused-ring (bicyclic) bond motifs is 1. The van der Waals surface area contributed by atoms with Gasteiger partial charge in [-0.1, -0.05) is 5.10 Å². The maximum atomic E-state index is 12.3. The number of anilines is 2. The third kappa shape index (κ3) is 3.77. The van der Waals surface area contributed by atoms with Crippen molar-refractivity contribution in [2.45, 2.75) is 6.92 Å². The first kappa shape index (κ1) is 17.1. The minimum absolute atomic E-state index is 0.0251. The maximum Gasteiger partial charge on any atom is 0.323 e. The van der Waals surface area contributed by atoms with Crippen LogP contribution in [0, 0.1) is 0 Å². The van der Waals surface area contributed by atoms with Crippen LogP contribution in [0.5, 0.6) is 11.5 Å². The molecule has 2 N–H and O–H groups in total. The third-order valence-electron chi connectivity index (χ3n) is 4.23. The molecule has 11 nitrogen and oxygen atoms in total. The zero-order valence-electron chi connectivity index (χ0n) is 14.6. The van der Waals surface area contributed by atoms with Crippen LogP contribution in [0.2, 0.25) is 0 Å². The summed E-state index contributed by atoms with van der Waals surface area (Å²) in [6.07, 6.45) is 0. The minimum Gasteiger partial charge on any atom is -0.454 e. The molecule has 11 heteroatoms. The Balaban J connectivity index is 1.33. The predicted molar refractivity (Wildman–Crippen MR) is 91.4 cm³/mol. The summed E-state index contributed by atoms with van der Waals surface area (Å²) in [7, 11) is 0. The topological polar surface area (TPSA) is 122 Å². The molecule has 2 amide bonds. The average molecular weight is 374 g/mol. The lowest BCUT2D eigenvalue weighted by molar-refractivity contribution is -0.130. The molecule has 142 valence electrons. The van der Waals surface area contributed by atoms with Gasteiger partial charge in [0.2, 0.25) is 12.7 Å². The van der Waals surface area contributed by atoms with E-state index in [0.29, 0.717) is 43.4 Å². The molecule has 3 heterocycles. The number of rotatable bonds is 4. The van der Waals surface area contributed by atoms with Crippen molar-refractivity contribution in [2.24, 2.45) is 0 Å². The predicted octanol–water partition coefficient (Wildman–Crippen LogP) is 0.351. The molecule has 27 heavy (non-hydrogen) atoms. The third-order valence-corrected chi connectivity index (χ3v) is 4.23. The van der Waals surface area contributed by atoms with E-state index in [1.807, 2.05) is 0 Å². The van der Waals surface area contributed by atoms with Crippen LogP contribution >= 0.6 is 0 Å². The number of carbonyl (C=O) groups excluding carboxylic acids is 2. The molecule has 1 fully saturated rings. The number of hydrogen-bond donors (Lipinski definition) is 2. The second-order valence-corrected chi connectivity index (χ2v) is 6.04. The number of ether oxygens (including phenoxy) is 2. The number of hydrogen-bond acceptors (Lipinski definition) is 9. The first-order chi connectivity index (χ1) is 13.1. The zero-order chi connectivity index (χ0) is 18.8. The van der Waals surface area contributed by atoms with Crippen LogP contribution in [-0.2, 0) is 4.79 Å². The van der Waals surface area contributed by atoms with Crippen molar-refractivity contribution in [3.63, 3.8) is 0 Å². The summed E-state index contributed by atoms with van der Waals surface area (Å²) in [5, 5.41) is 12.2. The van der Waals surface area contributed by atoms with E-state index in [2.05, 4.69) is 20.9 Å². The number of nitrogens with one attached hydrogen (secondary N) is 2. The van der Waals surface area contributed by atoms with Gasteiger partial charge in [-0.2, -0.15) is 0 Å². The molecule has 1 aromatic carbocycles. The van der Waals surface area contributed by atoms with Crippen LogP contribution in [0.1, 0.15) is 17.6 Å². The monoisotopic (exact) mass is 374 g/mol. The highest BCUT2D eigenvalue weighted by atomic mass is 16.7. The molecular weight excluding hydrogens is 356 g/mol. The first-order valence-electron chi connectivity index (χ1n) is 8.40. The van der Waals surface area contributed by atoms with Crippen molar-refractivity contribution in [1.82, 2.24) is 25.5 Å². The van der Waals surface area contributed by atoms with Gasteiger partial charge in [0.15, 0.2) is 11.5 Å². The lowest BCUT2D eigenvalue weighted by Crippen LogP contribution is -2.54. The summed E-state index contributed by atoms with van der Waals surface area (Å²) in [4.78, 5) is 25.3. The van der Waals surface area contributed by atoms with E-state index in [-0.39, 0.29) is 24.6 Å². The van der Waals surface area contributed by atoms with Crippen molar-refractivity contribution < 1.29 is 23.5 Å². The molecule has 0 atom stereocenters. The molecule has 0 saturated carbocycles. The second kappa shape index (κ2) is 7.11. The van der Waals surface area contributed by atoms with E-state index in [1.165, 1.54) is 6.92 Å². The Morgan fingerprint density at radius 1 is 1.07 bits per heavy atom. The van der Waals surface area contributed by atoms with Crippen LogP contribution in [0.25, 0.3) is 0 Å². The summed E-state index contributed by atoms with van der Waals surface area (Å²) >= 11 is 0. The standard InChI is InChI=1S/C16H18N6O5/c1-10(23)21-4-6-22(7-5-21)20-14(24)15-18-19-16(27-15)17-11-2-3-12-13(8-11)26-9-25-12/h2-3,8H,4-7,9H2,1H3,(H,17,19)(H,20,24). The summed E-state index contributed by atoms with van der Waals surface area (Å²) in [6.45, 7) is 3.88. The fraction of sp³-hybridized carbons (Fsp3) is 0.375. The van der Waals surface area contributed by atoms with Gasteiger partial charge in [0.25, 0.3) is 0 Å². The Hall–Kier alpha value is -3.34. The van der Waals surface area contributed by atoms with Gasteiger partial charge < -0.3 is 24.1 Å². The molecule has 0 bridgehead atoms. The van der Waals surface area contributed by atoms with Gasteiger partial charge >= 0.3 is 17.8 Å². The van der Waals surface area contributed by atoms with E-state index in [9.17, 15) is 9.59 Å². The number of aromatic nitrogens is 2. The largest absolute Gasteiger partial charge is 0.454 e. The molecule has 2 aliphatic rings. The van der Waals surface area contributed by atoms with E-state index in [1.54, 1.807) is 28.1 Å². The van der Waals surface area contributed by atoms with Gasteiger partial charge in [0, 0.05) is 44.9 Å². The van der Waals surface area contributed by atoms with Gasteiger partial charge in [-0.25, -0.2) is 5.01 Å². The highest BCUT2D eigenvalue weighted by Gasteiger charge is 2.23.